The maximum absolute atomic E-state index is 12.7. The topological polar surface area (TPSA) is 78.9 Å². The highest BCUT2D eigenvalue weighted by Crippen LogP contribution is 2.15. The quantitative estimate of drug-likeness (QED) is 0.0262. The molecule has 0 aromatic heterocycles. The van der Waals surface area contributed by atoms with Crippen LogP contribution in [-0.2, 0) is 28.6 Å². The van der Waals surface area contributed by atoms with Crippen LogP contribution in [0.15, 0.2) is 85.1 Å². The Morgan fingerprint density at radius 2 is 0.631 bits per heavy atom. The molecular formula is C59H100O6. The second-order valence-corrected chi connectivity index (χ2v) is 17.8. The smallest absolute Gasteiger partial charge is 0.306 e. The molecule has 1 unspecified atom stereocenters. The Labute approximate surface area is 401 Å². The van der Waals surface area contributed by atoms with Crippen molar-refractivity contribution in [2.45, 2.75) is 258 Å². The first-order valence-electron chi connectivity index (χ1n) is 27.1. The lowest BCUT2D eigenvalue weighted by Gasteiger charge is -2.18. The highest BCUT2D eigenvalue weighted by Gasteiger charge is 2.19. The summed E-state index contributed by atoms with van der Waals surface area (Å²) in [4.78, 5) is 37.9. The second kappa shape index (κ2) is 53.2. The van der Waals surface area contributed by atoms with Crippen LogP contribution in [0.5, 0.6) is 0 Å². The third-order valence-electron chi connectivity index (χ3n) is 11.4. The molecule has 0 aliphatic carbocycles. The van der Waals surface area contributed by atoms with Gasteiger partial charge in [-0.25, -0.2) is 0 Å². The van der Waals surface area contributed by atoms with Crippen molar-refractivity contribution in [3.05, 3.63) is 85.1 Å². The van der Waals surface area contributed by atoms with Gasteiger partial charge >= 0.3 is 17.9 Å². The molecule has 0 fully saturated rings. The lowest BCUT2D eigenvalue weighted by molar-refractivity contribution is -0.167. The molecule has 0 saturated heterocycles. The summed E-state index contributed by atoms with van der Waals surface area (Å²) in [6.45, 7) is 6.43. The maximum atomic E-state index is 12.7. The normalized spacial score (nSPS) is 12.7. The van der Waals surface area contributed by atoms with Crippen molar-refractivity contribution in [1.29, 1.82) is 0 Å². The van der Waals surface area contributed by atoms with Gasteiger partial charge in [0.15, 0.2) is 6.10 Å². The summed E-state index contributed by atoms with van der Waals surface area (Å²) >= 11 is 0. The molecular weight excluding hydrogens is 805 g/mol. The van der Waals surface area contributed by atoms with E-state index in [1.54, 1.807) is 0 Å². The van der Waals surface area contributed by atoms with E-state index in [-0.39, 0.29) is 31.1 Å². The Kier molecular flexibility index (Phi) is 50.4. The van der Waals surface area contributed by atoms with E-state index >= 15 is 0 Å². The zero-order valence-corrected chi connectivity index (χ0v) is 42.5. The van der Waals surface area contributed by atoms with Crippen LogP contribution in [0.2, 0.25) is 0 Å². The van der Waals surface area contributed by atoms with E-state index in [1.165, 1.54) is 89.9 Å². The maximum Gasteiger partial charge on any atom is 0.306 e. The fourth-order valence-corrected chi connectivity index (χ4v) is 7.33. The minimum atomic E-state index is -0.780. The third-order valence-corrected chi connectivity index (χ3v) is 11.4. The molecule has 6 heteroatoms. The number of unbranched alkanes of at least 4 members (excludes halogenated alkanes) is 23. The number of ether oxygens (including phenoxy) is 3. The van der Waals surface area contributed by atoms with E-state index in [0.717, 1.165) is 122 Å². The Morgan fingerprint density at radius 1 is 0.323 bits per heavy atom. The standard InChI is InChI=1S/C59H100O6/c1-4-7-10-13-16-19-22-23-24-25-26-27-28-29-30-31-32-33-34-35-36-37-38-41-43-46-49-52-58(61)64-55-56(65-59(62)53-50-47-44-40-21-18-15-12-9-6-3)54-63-57(60)51-48-45-42-39-20-17-14-11-8-5-2/h7,10,12,15-16,19,23-24,26-27,29-30,32-33,56H,4-6,8-9,11,13-14,17-18,20-22,25,28,31,34-55H2,1-3H3/b10-7-,15-12-,19-16-,24-23-,27-26-,30-29-,33-32-. The van der Waals surface area contributed by atoms with E-state index in [0.29, 0.717) is 19.3 Å². The molecule has 0 heterocycles. The number of allylic oxidation sites excluding steroid dienone is 14. The summed E-state index contributed by atoms with van der Waals surface area (Å²) in [6.07, 6.45) is 68.7. The molecule has 0 spiro atoms. The molecule has 0 bridgehead atoms. The average Bonchev–Trinajstić information content (AvgIpc) is 3.30. The Morgan fingerprint density at radius 3 is 1.02 bits per heavy atom. The van der Waals surface area contributed by atoms with Crippen LogP contribution in [-0.4, -0.2) is 37.2 Å². The summed E-state index contributed by atoms with van der Waals surface area (Å²) in [5.74, 6) is -0.902. The van der Waals surface area contributed by atoms with Gasteiger partial charge in [-0.2, -0.15) is 0 Å². The number of esters is 3. The minimum absolute atomic E-state index is 0.0808. The van der Waals surface area contributed by atoms with Gasteiger partial charge in [-0.1, -0.05) is 228 Å². The highest BCUT2D eigenvalue weighted by molar-refractivity contribution is 5.71. The zero-order chi connectivity index (χ0) is 47.2. The highest BCUT2D eigenvalue weighted by atomic mass is 16.6. The fraction of sp³-hybridized carbons (Fsp3) is 0.712. The van der Waals surface area contributed by atoms with Gasteiger partial charge in [0.1, 0.15) is 13.2 Å². The van der Waals surface area contributed by atoms with Crippen LogP contribution in [0, 0.1) is 0 Å². The van der Waals surface area contributed by atoms with Crippen LogP contribution in [0.1, 0.15) is 252 Å². The summed E-state index contributed by atoms with van der Waals surface area (Å²) in [5, 5.41) is 0. The lowest BCUT2D eigenvalue weighted by atomic mass is 10.1. The van der Waals surface area contributed by atoms with E-state index in [9.17, 15) is 14.4 Å². The number of hydrogen-bond acceptors (Lipinski definition) is 6. The van der Waals surface area contributed by atoms with E-state index in [1.807, 2.05) is 0 Å². The van der Waals surface area contributed by atoms with Crippen LogP contribution >= 0.6 is 0 Å². The van der Waals surface area contributed by atoms with Gasteiger partial charge in [0.05, 0.1) is 0 Å². The monoisotopic (exact) mass is 905 g/mol. The van der Waals surface area contributed by atoms with Crippen molar-refractivity contribution in [3.63, 3.8) is 0 Å². The molecule has 0 amide bonds. The fourth-order valence-electron chi connectivity index (χ4n) is 7.33. The van der Waals surface area contributed by atoms with Crippen molar-refractivity contribution < 1.29 is 28.6 Å². The Hall–Kier alpha value is -3.41. The Bertz CT molecular complexity index is 1270. The molecule has 65 heavy (non-hydrogen) atoms. The largest absolute Gasteiger partial charge is 0.462 e. The molecule has 1 atom stereocenters. The van der Waals surface area contributed by atoms with Gasteiger partial charge in [0.25, 0.3) is 0 Å². The van der Waals surface area contributed by atoms with Gasteiger partial charge in [0.2, 0.25) is 0 Å². The van der Waals surface area contributed by atoms with Gasteiger partial charge in [-0.3, -0.25) is 14.4 Å². The van der Waals surface area contributed by atoms with Crippen LogP contribution in [0.4, 0.5) is 0 Å². The first kappa shape index (κ1) is 61.6. The predicted octanol–water partition coefficient (Wildman–Crippen LogP) is 18.0. The molecule has 0 aromatic carbocycles. The summed E-state index contributed by atoms with van der Waals surface area (Å²) < 4.78 is 16.7. The van der Waals surface area contributed by atoms with Crippen LogP contribution < -0.4 is 0 Å². The molecule has 0 saturated carbocycles. The summed E-state index contributed by atoms with van der Waals surface area (Å²) in [5.41, 5.74) is 0. The molecule has 0 aromatic rings. The molecule has 0 rings (SSSR count). The van der Waals surface area contributed by atoms with Crippen LogP contribution in [0.3, 0.4) is 0 Å². The predicted molar refractivity (Wildman–Crippen MR) is 279 cm³/mol. The van der Waals surface area contributed by atoms with E-state index < -0.39 is 6.10 Å². The van der Waals surface area contributed by atoms with Gasteiger partial charge in [-0.15, -0.1) is 0 Å². The zero-order valence-electron chi connectivity index (χ0n) is 42.5. The van der Waals surface area contributed by atoms with Crippen molar-refractivity contribution in [3.8, 4) is 0 Å². The average molecular weight is 905 g/mol. The number of carbonyl (C=O) groups is 3. The van der Waals surface area contributed by atoms with Crippen molar-refractivity contribution >= 4 is 17.9 Å². The molecule has 6 nitrogen and oxygen atoms in total. The van der Waals surface area contributed by atoms with Gasteiger partial charge < -0.3 is 14.2 Å². The third kappa shape index (κ3) is 51.4. The van der Waals surface area contributed by atoms with E-state index in [2.05, 4.69) is 106 Å². The summed E-state index contributed by atoms with van der Waals surface area (Å²) in [7, 11) is 0. The van der Waals surface area contributed by atoms with Crippen molar-refractivity contribution in [2.24, 2.45) is 0 Å². The Balaban J connectivity index is 4.20. The minimum Gasteiger partial charge on any atom is -0.462 e. The van der Waals surface area contributed by atoms with Crippen molar-refractivity contribution in [1.82, 2.24) is 0 Å². The molecule has 0 N–H and O–H groups in total. The molecule has 0 aliphatic rings. The second-order valence-electron chi connectivity index (χ2n) is 17.8. The van der Waals surface area contributed by atoms with Gasteiger partial charge in [-0.05, 0) is 89.9 Å². The molecule has 372 valence electrons. The summed E-state index contributed by atoms with van der Waals surface area (Å²) in [6, 6.07) is 0. The van der Waals surface area contributed by atoms with Gasteiger partial charge in [0, 0.05) is 19.3 Å². The van der Waals surface area contributed by atoms with E-state index in [4.69, 9.17) is 14.2 Å². The SMILES string of the molecule is CC/C=C\C/C=C\C/C=C\C/C=C\C/C=C\C/C=C\CCCCCCCCCCC(=O)OCC(COC(=O)CCCCCCCCCCCC)OC(=O)CCCCCCC/C=C\CCC. The van der Waals surface area contributed by atoms with Crippen molar-refractivity contribution in [2.75, 3.05) is 13.2 Å². The number of carbonyl (C=O) groups excluding carboxylic acids is 3. The number of rotatable bonds is 48. The first-order valence-corrected chi connectivity index (χ1v) is 27.1. The van der Waals surface area contributed by atoms with Crippen LogP contribution in [0.25, 0.3) is 0 Å². The number of hydrogen-bond donors (Lipinski definition) is 0. The molecule has 0 aliphatic heterocycles. The first-order chi connectivity index (χ1) is 32.0. The molecule has 0 radical (unpaired) electrons. The lowest BCUT2D eigenvalue weighted by Crippen LogP contribution is -2.30.